The molecule has 21 heavy (non-hydrogen) atoms. The highest BCUT2D eigenvalue weighted by molar-refractivity contribution is 7.09. The number of amides is 1. The molecule has 0 aliphatic carbocycles. The lowest BCUT2D eigenvalue weighted by molar-refractivity contribution is 0.102. The highest BCUT2D eigenvalue weighted by atomic mass is 32.1. The molecule has 0 aliphatic heterocycles. The molecule has 1 aromatic heterocycles. The van der Waals surface area contributed by atoms with Gasteiger partial charge in [-0.1, -0.05) is 0 Å². The van der Waals surface area contributed by atoms with Crippen LogP contribution >= 0.6 is 11.3 Å². The van der Waals surface area contributed by atoms with Gasteiger partial charge in [-0.05, 0) is 19.1 Å². The van der Waals surface area contributed by atoms with E-state index in [0.29, 0.717) is 22.9 Å². The van der Waals surface area contributed by atoms with E-state index in [2.05, 4.69) is 10.3 Å². The third-order valence-corrected chi connectivity index (χ3v) is 3.84. The molecular formula is C14H17N3O3S. The second-order valence-electron chi connectivity index (χ2n) is 4.38. The Bertz CT molecular complexity index is 640. The molecule has 0 saturated heterocycles. The van der Waals surface area contributed by atoms with Crippen molar-refractivity contribution in [3.8, 4) is 11.5 Å². The van der Waals surface area contributed by atoms with Crippen LogP contribution in [0.5, 0.6) is 11.5 Å². The molecule has 2 aromatic rings. The summed E-state index contributed by atoms with van der Waals surface area (Å²) in [6, 6.07) is 4.98. The van der Waals surface area contributed by atoms with E-state index in [0.717, 1.165) is 5.01 Å². The summed E-state index contributed by atoms with van der Waals surface area (Å²) >= 11 is 1.36. The number of hydrogen-bond donors (Lipinski definition) is 2. The number of ether oxygens (including phenoxy) is 2. The van der Waals surface area contributed by atoms with Crippen LogP contribution in [-0.4, -0.2) is 25.1 Å². The van der Waals surface area contributed by atoms with Crippen molar-refractivity contribution >= 4 is 22.9 Å². The Balaban J connectivity index is 2.21. The molecule has 3 N–H and O–H groups in total. The highest BCUT2D eigenvalue weighted by Gasteiger charge is 2.15. The van der Waals surface area contributed by atoms with Crippen LogP contribution in [0.3, 0.4) is 0 Å². The standard InChI is InChI=1S/C14H17N3O3S/c1-8(15)14-17-11(7-21-14)13(18)16-10-6-9(19-2)4-5-12(10)20-3/h4-8H,15H2,1-3H3,(H,16,18). The number of carbonyl (C=O) groups excluding carboxylic acids is 1. The number of nitrogens with two attached hydrogens (primary N) is 1. The van der Waals surface area contributed by atoms with Crippen LogP contribution < -0.4 is 20.5 Å². The lowest BCUT2D eigenvalue weighted by atomic mass is 10.2. The Labute approximate surface area is 126 Å². The fourth-order valence-electron chi connectivity index (χ4n) is 1.70. The van der Waals surface area contributed by atoms with Crippen LogP contribution in [0.15, 0.2) is 23.6 Å². The molecule has 1 unspecified atom stereocenters. The lowest BCUT2D eigenvalue weighted by Gasteiger charge is -2.11. The second-order valence-corrected chi connectivity index (χ2v) is 5.27. The zero-order valence-electron chi connectivity index (χ0n) is 12.0. The van der Waals surface area contributed by atoms with E-state index in [1.807, 2.05) is 6.92 Å². The molecule has 0 aliphatic rings. The van der Waals surface area contributed by atoms with E-state index in [1.54, 1.807) is 30.7 Å². The van der Waals surface area contributed by atoms with Gasteiger partial charge in [-0.2, -0.15) is 0 Å². The first-order valence-corrected chi connectivity index (χ1v) is 7.17. The van der Waals surface area contributed by atoms with E-state index >= 15 is 0 Å². The number of hydrogen-bond acceptors (Lipinski definition) is 6. The van der Waals surface area contributed by atoms with Crippen molar-refractivity contribution in [2.45, 2.75) is 13.0 Å². The molecule has 0 fully saturated rings. The maximum Gasteiger partial charge on any atom is 0.275 e. The first-order valence-electron chi connectivity index (χ1n) is 6.29. The van der Waals surface area contributed by atoms with Crippen LogP contribution in [0.2, 0.25) is 0 Å². The van der Waals surface area contributed by atoms with Gasteiger partial charge in [0.1, 0.15) is 22.2 Å². The SMILES string of the molecule is COc1ccc(OC)c(NC(=O)c2csc(C(C)N)n2)c1. The van der Waals surface area contributed by atoms with Crippen molar-refractivity contribution in [3.05, 3.63) is 34.3 Å². The Morgan fingerprint density at radius 1 is 1.38 bits per heavy atom. The van der Waals surface area contributed by atoms with Crippen molar-refractivity contribution in [1.82, 2.24) is 4.98 Å². The molecule has 0 radical (unpaired) electrons. The summed E-state index contributed by atoms with van der Waals surface area (Å²) in [4.78, 5) is 16.4. The van der Waals surface area contributed by atoms with E-state index in [1.165, 1.54) is 18.4 Å². The molecule has 112 valence electrons. The summed E-state index contributed by atoms with van der Waals surface area (Å²) in [5.74, 6) is 0.858. The number of methoxy groups -OCH3 is 2. The number of rotatable bonds is 5. The van der Waals surface area contributed by atoms with Gasteiger partial charge in [-0.3, -0.25) is 4.79 Å². The van der Waals surface area contributed by atoms with Gasteiger partial charge in [0.05, 0.1) is 25.9 Å². The summed E-state index contributed by atoms with van der Waals surface area (Å²) < 4.78 is 10.4. The molecule has 1 atom stereocenters. The third kappa shape index (κ3) is 3.50. The summed E-state index contributed by atoms with van der Waals surface area (Å²) in [5, 5.41) is 5.17. The molecule has 0 saturated carbocycles. The molecule has 1 aromatic carbocycles. The minimum absolute atomic E-state index is 0.192. The minimum atomic E-state index is -0.315. The Kier molecular flexibility index (Phi) is 4.77. The monoisotopic (exact) mass is 307 g/mol. The largest absolute Gasteiger partial charge is 0.497 e. The fourth-order valence-corrected chi connectivity index (χ4v) is 2.46. The Hall–Kier alpha value is -2.12. The van der Waals surface area contributed by atoms with E-state index < -0.39 is 0 Å². The molecule has 0 bridgehead atoms. The van der Waals surface area contributed by atoms with Crippen LogP contribution in [0.4, 0.5) is 5.69 Å². The smallest absolute Gasteiger partial charge is 0.275 e. The van der Waals surface area contributed by atoms with Crippen molar-refractivity contribution in [3.63, 3.8) is 0 Å². The molecule has 7 heteroatoms. The van der Waals surface area contributed by atoms with Crippen LogP contribution in [-0.2, 0) is 0 Å². The summed E-state index contributed by atoms with van der Waals surface area (Å²) in [7, 11) is 3.09. The van der Waals surface area contributed by atoms with Gasteiger partial charge >= 0.3 is 0 Å². The van der Waals surface area contributed by atoms with Crippen molar-refractivity contribution < 1.29 is 14.3 Å². The summed E-state index contributed by atoms with van der Waals surface area (Å²) in [6.07, 6.45) is 0. The highest BCUT2D eigenvalue weighted by Crippen LogP contribution is 2.29. The zero-order valence-corrected chi connectivity index (χ0v) is 12.9. The van der Waals surface area contributed by atoms with E-state index in [-0.39, 0.29) is 11.9 Å². The van der Waals surface area contributed by atoms with Crippen molar-refractivity contribution in [2.75, 3.05) is 19.5 Å². The van der Waals surface area contributed by atoms with Crippen LogP contribution in [0.25, 0.3) is 0 Å². The summed E-state index contributed by atoms with van der Waals surface area (Å²) in [6.45, 7) is 1.83. The van der Waals surface area contributed by atoms with Gasteiger partial charge < -0.3 is 20.5 Å². The predicted molar refractivity (Wildman–Crippen MR) is 82.2 cm³/mol. The normalized spacial score (nSPS) is 11.8. The first-order chi connectivity index (χ1) is 10.0. The molecule has 1 heterocycles. The average Bonchev–Trinajstić information content (AvgIpc) is 2.97. The molecule has 1 amide bonds. The molecule has 6 nitrogen and oxygen atoms in total. The fraction of sp³-hybridized carbons (Fsp3) is 0.286. The second kappa shape index (κ2) is 6.55. The van der Waals surface area contributed by atoms with Gasteiger partial charge in [0.2, 0.25) is 0 Å². The number of benzene rings is 1. The number of aromatic nitrogens is 1. The Morgan fingerprint density at radius 3 is 2.71 bits per heavy atom. The lowest BCUT2D eigenvalue weighted by Crippen LogP contribution is -2.14. The molecule has 2 rings (SSSR count). The molecular weight excluding hydrogens is 290 g/mol. The average molecular weight is 307 g/mol. The van der Waals surface area contributed by atoms with Crippen LogP contribution in [0, 0.1) is 0 Å². The number of nitrogens with one attached hydrogen (secondary N) is 1. The third-order valence-electron chi connectivity index (χ3n) is 2.80. The van der Waals surface area contributed by atoms with Gasteiger partial charge in [0.15, 0.2) is 0 Å². The van der Waals surface area contributed by atoms with Crippen molar-refractivity contribution in [2.24, 2.45) is 5.73 Å². The van der Waals surface area contributed by atoms with E-state index in [9.17, 15) is 4.79 Å². The van der Waals surface area contributed by atoms with Gasteiger partial charge in [-0.15, -0.1) is 11.3 Å². The number of nitrogens with zero attached hydrogens (tertiary/aromatic N) is 1. The van der Waals surface area contributed by atoms with Gasteiger partial charge in [-0.25, -0.2) is 4.98 Å². The first kappa shape index (κ1) is 15.3. The predicted octanol–water partition coefficient (Wildman–Crippen LogP) is 2.43. The Morgan fingerprint density at radius 2 is 2.14 bits per heavy atom. The maximum absolute atomic E-state index is 12.2. The minimum Gasteiger partial charge on any atom is -0.497 e. The topological polar surface area (TPSA) is 86.5 Å². The summed E-state index contributed by atoms with van der Waals surface area (Å²) in [5.41, 5.74) is 6.60. The quantitative estimate of drug-likeness (QED) is 0.886. The van der Waals surface area contributed by atoms with E-state index in [4.69, 9.17) is 15.2 Å². The number of thiazole rings is 1. The maximum atomic E-state index is 12.2. The van der Waals surface area contributed by atoms with Gasteiger partial charge in [0, 0.05) is 11.4 Å². The van der Waals surface area contributed by atoms with Crippen LogP contribution in [0.1, 0.15) is 28.5 Å². The number of carbonyl (C=O) groups is 1. The van der Waals surface area contributed by atoms with Gasteiger partial charge in [0.25, 0.3) is 5.91 Å². The number of anilines is 1. The molecule has 0 spiro atoms. The zero-order chi connectivity index (χ0) is 15.4. The van der Waals surface area contributed by atoms with Crippen molar-refractivity contribution in [1.29, 1.82) is 0 Å².